The van der Waals surface area contributed by atoms with Crippen LogP contribution in [0.3, 0.4) is 0 Å². The first-order valence-electron chi connectivity index (χ1n) is 25.7. The first kappa shape index (κ1) is 74.6. The van der Waals surface area contributed by atoms with E-state index in [-0.39, 0.29) is 122 Å². The van der Waals surface area contributed by atoms with Crippen LogP contribution in [0.1, 0.15) is 177 Å². The number of anilines is 1. The topological polar surface area (TPSA) is 232 Å². The zero-order valence-electron chi connectivity index (χ0n) is 45.7. The van der Waals surface area contributed by atoms with Gasteiger partial charge in [-0.3, -0.25) is 14.4 Å². The van der Waals surface area contributed by atoms with Crippen molar-refractivity contribution in [1.82, 2.24) is 42.5 Å². The molecule has 0 radical (unpaired) electrons. The van der Waals surface area contributed by atoms with Gasteiger partial charge in [0.05, 0.1) is 47.4 Å². The fourth-order valence-corrected chi connectivity index (χ4v) is 8.74. The average molecular weight is 1280 g/mol. The normalized spacial score (nSPS) is 14.4. The molecule has 4 N–H and O–H groups in total. The third-order valence-electron chi connectivity index (χ3n) is 13.3. The molecule has 5 aliphatic rings. The van der Waals surface area contributed by atoms with Crippen LogP contribution < -0.4 is 57.5 Å². The summed E-state index contributed by atoms with van der Waals surface area (Å²) >= 11 is 15.8. The molecule has 0 spiro atoms. The van der Waals surface area contributed by atoms with E-state index >= 15 is 0 Å². The first-order valence-corrected chi connectivity index (χ1v) is 27.3. The number of imidazole rings is 4. The number of fused-ring (bicyclic) bond motifs is 4. The Hall–Kier alpha value is -4.48. The number of rotatable bonds is 12. The smallest absolute Gasteiger partial charge is 1.00 e. The van der Waals surface area contributed by atoms with Gasteiger partial charge in [-0.25, -0.2) is 24.9 Å². The number of halogens is 4. The van der Waals surface area contributed by atoms with Crippen molar-refractivity contribution in [3.05, 3.63) is 174 Å². The maximum atomic E-state index is 10.5. The van der Waals surface area contributed by atoms with E-state index in [0.717, 1.165) is 75.5 Å². The number of aromatic nitrogens is 9. The fourth-order valence-electron chi connectivity index (χ4n) is 8.32. The largest absolute Gasteiger partial charge is 2.00 e. The summed E-state index contributed by atoms with van der Waals surface area (Å²) in [4.78, 5) is 52.9. The number of hydrogen-bond acceptors (Lipinski definition) is 13. The molecule has 9 aromatic rings. The Kier molecular flexibility index (Phi) is 32.8. The summed E-state index contributed by atoms with van der Waals surface area (Å²) < 4.78 is 8.01. The molecule has 0 aliphatic heterocycles. The summed E-state index contributed by atoms with van der Waals surface area (Å²) in [6, 6.07) is 20.6. The Labute approximate surface area is 549 Å². The number of nitrogens with zero attached hydrogens (tertiary/aromatic N) is 9. The fraction of sp³-hybridized carbons (Fsp3) is 0.383. The molecule has 0 aromatic carbocycles. The zero-order chi connectivity index (χ0) is 54.4. The van der Waals surface area contributed by atoms with E-state index < -0.39 is 6.10 Å². The number of aldehydes is 1. The maximum Gasteiger partial charge on any atom is 2.00 e. The number of alkyl halides is 3. The van der Waals surface area contributed by atoms with Crippen LogP contribution in [0.15, 0.2) is 116 Å². The first-order chi connectivity index (χ1) is 37.4. The van der Waals surface area contributed by atoms with E-state index in [2.05, 4.69) is 95.4 Å². The Morgan fingerprint density at radius 1 is 0.627 bits per heavy atom. The van der Waals surface area contributed by atoms with E-state index in [1.807, 2.05) is 62.3 Å². The van der Waals surface area contributed by atoms with Gasteiger partial charge in [0.15, 0.2) is 12.1 Å². The third-order valence-corrected chi connectivity index (χ3v) is 14.1. The van der Waals surface area contributed by atoms with Gasteiger partial charge in [-0.1, -0.05) is 45.2 Å². The van der Waals surface area contributed by atoms with E-state index in [4.69, 9.17) is 55.7 Å². The molecular weight excluding hydrogens is 1210 g/mol. The molecule has 9 aromatic heterocycles. The zero-order valence-corrected chi connectivity index (χ0v) is 53.0. The van der Waals surface area contributed by atoms with Crippen molar-refractivity contribution in [2.75, 3.05) is 17.5 Å². The second-order valence-corrected chi connectivity index (χ2v) is 20.5. The van der Waals surface area contributed by atoms with Crippen LogP contribution in [0.2, 0.25) is 0 Å². The molecule has 0 saturated heterocycles. The van der Waals surface area contributed by atoms with Crippen LogP contribution >= 0.6 is 34.8 Å². The van der Waals surface area contributed by atoms with Crippen molar-refractivity contribution in [3.8, 4) is 0 Å². The van der Waals surface area contributed by atoms with Crippen LogP contribution in [0.5, 0.6) is 0 Å². The molecule has 17 nitrogen and oxygen atoms in total. The van der Waals surface area contributed by atoms with Crippen molar-refractivity contribution in [2.24, 2.45) is 0 Å². The molecule has 1 atom stereocenters. The van der Waals surface area contributed by atoms with Crippen molar-refractivity contribution in [1.29, 1.82) is 0 Å². The average Bonchev–Trinajstić information content (AvgIpc) is 4.40. The van der Waals surface area contributed by atoms with Crippen LogP contribution in [0, 0.1) is 7.43 Å². The van der Waals surface area contributed by atoms with Gasteiger partial charge in [0, 0.05) is 55.8 Å². The number of aliphatic hydroxyl groups is 2. The SMILES string of the molecule is C.C.CC(O)c1cn2cc(C3CC3)ccc2n1.ClCc1cn2cc(C3CC3)ccc2n1.Nc1ccc(C2CC2)cn1.O=C(CCl)CCl.O=CO[O-].O=Cc1cn2cc(C3CC3)ccc2n1.OCc1cn2cc(C3CC3)ccc2n1.[Br-].[CH3-].[Mg+2].[Na+]. The molecule has 0 amide bonds. The molecule has 9 heterocycles. The van der Waals surface area contributed by atoms with Gasteiger partial charge in [-0.15, -0.1) is 34.8 Å². The Bertz CT molecular complexity index is 3300. The number of hydrogen-bond donors (Lipinski definition) is 3. The van der Waals surface area contributed by atoms with Gasteiger partial charge in [0.1, 0.15) is 34.1 Å². The Balaban J connectivity index is 0.000000336. The quantitative estimate of drug-likeness (QED) is 0.0353. The summed E-state index contributed by atoms with van der Waals surface area (Å²) in [6.07, 6.45) is 31.4. The molecule has 5 saturated carbocycles. The molecular formula is C60H73BrCl3MgN10NaO7. The number of nitrogen functional groups attached to an aromatic ring is 1. The van der Waals surface area contributed by atoms with E-state index in [0.29, 0.717) is 17.4 Å². The summed E-state index contributed by atoms with van der Waals surface area (Å²) in [6.45, 7) is 1.57. The number of pyridine rings is 5. The van der Waals surface area contributed by atoms with Gasteiger partial charge in [-0.2, -0.15) is 0 Å². The molecule has 0 bridgehead atoms. The number of carbonyl (C=O) groups excluding carboxylic acids is 3. The minimum Gasteiger partial charge on any atom is -1.00 e. The van der Waals surface area contributed by atoms with Gasteiger partial charge < -0.3 is 68.1 Å². The third kappa shape index (κ3) is 22.7. The number of Topliss-reactive ketones (excluding diaryl/α,β-unsaturated/α-hetero) is 1. The van der Waals surface area contributed by atoms with Gasteiger partial charge in [-0.05, 0) is 159 Å². The monoisotopic (exact) mass is 1280 g/mol. The van der Waals surface area contributed by atoms with Gasteiger partial charge in [0.25, 0.3) is 6.47 Å². The van der Waals surface area contributed by atoms with Crippen molar-refractivity contribution >= 4 is 105 Å². The molecule has 1 unspecified atom stereocenters. The van der Waals surface area contributed by atoms with E-state index in [1.165, 1.54) is 92.0 Å². The minimum atomic E-state index is -0.491. The molecule has 5 fully saturated rings. The van der Waals surface area contributed by atoms with Gasteiger partial charge in [0.2, 0.25) is 0 Å². The molecule has 5 aliphatic carbocycles. The molecule has 14 rings (SSSR count). The van der Waals surface area contributed by atoms with Crippen LogP contribution in [0.25, 0.3) is 22.6 Å². The second kappa shape index (κ2) is 36.5. The Morgan fingerprint density at radius 2 is 0.988 bits per heavy atom. The summed E-state index contributed by atoms with van der Waals surface area (Å²) in [5, 5.41) is 26.8. The van der Waals surface area contributed by atoms with Crippen LogP contribution in [-0.2, 0) is 27.0 Å². The number of nitrogens with two attached hydrogens (primary N) is 1. The van der Waals surface area contributed by atoms with Crippen LogP contribution in [0.4, 0.5) is 5.82 Å². The summed E-state index contributed by atoms with van der Waals surface area (Å²) in [7, 11) is 0. The molecule has 83 heavy (non-hydrogen) atoms. The van der Waals surface area contributed by atoms with Crippen molar-refractivity contribution in [3.63, 3.8) is 0 Å². The second-order valence-electron chi connectivity index (χ2n) is 19.7. The standard InChI is InChI=1S/C12H14N2O.C11H11ClN2.C11H12N2O.C11H10N2O.C8H10N2.C3H4Cl2O.CH2O3.2CH4.CH3.BrH.Mg.Na/c1-8(15)11-7-14-6-10(9-2-3-9)4-5-12(14)13-11;12-5-10-7-14-6-9(8-1-2-8)3-4-11(14)13-10;2*14-7-10-6-13-5-9(8-1-2-8)3-4-11(13)12-10;9-8-4-3-7(5-10-8)6-1-2-6;4-1-3(6)2-5;2-1-4-3;;;;;;/h4-9,15H,2-3H2,1H3;3-4,6-8H,1-2,5H2;3-6,8,14H,1-2,7H2;3-8H,1-2H2;3-6H,1-2H2,(H2,9,10);1-2H2;1,3H;2*1H4;1H3;1H;;/q;;;;;;;;;-1;;+2;+1/p-2. The summed E-state index contributed by atoms with van der Waals surface area (Å²) in [5.41, 5.74) is 18.9. The number of ketones is 1. The van der Waals surface area contributed by atoms with E-state index in [9.17, 15) is 14.7 Å². The molecule has 436 valence electrons. The number of aliphatic hydroxyl groups excluding tert-OH is 2. The van der Waals surface area contributed by atoms with Crippen molar-refractivity contribution < 1.29 is 81.3 Å². The Morgan fingerprint density at radius 3 is 1.33 bits per heavy atom. The maximum absolute atomic E-state index is 10.5. The predicted octanol–water partition coefficient (Wildman–Crippen LogP) is 5.30. The van der Waals surface area contributed by atoms with E-state index in [1.54, 1.807) is 13.1 Å². The van der Waals surface area contributed by atoms with Crippen molar-refractivity contribution in [2.45, 2.75) is 134 Å². The molecule has 23 heteroatoms. The number of carbonyl (C=O) groups is 3. The van der Waals surface area contributed by atoms with Gasteiger partial charge >= 0.3 is 52.6 Å². The minimum absolute atomic E-state index is 0. The predicted molar refractivity (Wildman–Crippen MR) is 320 cm³/mol. The summed E-state index contributed by atoms with van der Waals surface area (Å²) in [5.74, 6) is 4.87. The van der Waals surface area contributed by atoms with Crippen LogP contribution in [-0.4, -0.2) is 106 Å².